The number of carbonyl (C=O) groups is 1. The summed E-state index contributed by atoms with van der Waals surface area (Å²) in [5.41, 5.74) is 4.20. The van der Waals surface area contributed by atoms with Crippen molar-refractivity contribution in [2.75, 3.05) is 0 Å². The van der Waals surface area contributed by atoms with E-state index in [4.69, 9.17) is 5.10 Å². The molecule has 0 aromatic heterocycles. The molecule has 3 rings (SSSR count). The number of hydrogen-bond donors (Lipinski definition) is 0. The van der Waals surface area contributed by atoms with E-state index < -0.39 is 0 Å². The molecule has 28 heavy (non-hydrogen) atoms. The lowest BCUT2D eigenvalue weighted by Gasteiger charge is -2.22. The molecule has 0 heterocycles. The molecule has 0 fully saturated rings. The summed E-state index contributed by atoms with van der Waals surface area (Å²) in [4.78, 5) is 12.2. The summed E-state index contributed by atoms with van der Waals surface area (Å²) in [6.07, 6.45) is 0.865. The number of Topliss-reactive ketones (excluding diaryl/α,β-unsaturated/α-hetero) is 1. The molecule has 0 N–H and O–H groups in total. The Bertz CT molecular complexity index is 848. The molecule has 0 aliphatic heterocycles. The van der Waals surface area contributed by atoms with Gasteiger partial charge in [-0.2, -0.15) is 5.10 Å². The third kappa shape index (κ3) is 5.92. The van der Waals surface area contributed by atoms with Gasteiger partial charge in [-0.1, -0.05) is 97.9 Å². The fraction of sp³-hybridized carbons (Fsp3) is 0.200. The molecule has 0 amide bonds. The van der Waals surface area contributed by atoms with Crippen LogP contribution in [0.15, 0.2) is 96.1 Å². The summed E-state index contributed by atoms with van der Waals surface area (Å²) in [5, 5.41) is 7.01. The summed E-state index contributed by atoms with van der Waals surface area (Å²) in [5.74, 6) is 0.196. The van der Waals surface area contributed by atoms with Gasteiger partial charge >= 0.3 is 0 Å². The minimum atomic E-state index is 0.196. The lowest BCUT2D eigenvalue weighted by molar-refractivity contribution is -0.117. The smallest absolute Gasteiger partial charge is 0.138 e. The highest BCUT2D eigenvalue weighted by atomic mass is 16.1. The normalized spacial score (nSPS) is 11.2. The molecule has 3 aromatic carbocycles. The molecule has 0 radical (unpaired) electrons. The lowest BCUT2D eigenvalue weighted by atomic mass is 10.0. The van der Waals surface area contributed by atoms with Crippen LogP contribution in [0.3, 0.4) is 0 Å². The van der Waals surface area contributed by atoms with Gasteiger partial charge in [0.05, 0.1) is 25.2 Å². The van der Waals surface area contributed by atoms with Crippen molar-refractivity contribution in [3.05, 3.63) is 108 Å². The number of hydrazone groups is 1. The van der Waals surface area contributed by atoms with Crippen molar-refractivity contribution in [1.29, 1.82) is 0 Å². The Labute approximate surface area is 167 Å². The van der Waals surface area contributed by atoms with Gasteiger partial charge in [-0.3, -0.25) is 9.80 Å². The SMILES string of the molecule is CCC(=O)CC(=NN(Cc1ccccc1)Cc1ccccc1)c1ccccc1. The first kappa shape index (κ1) is 19.6. The molecule has 3 aromatic rings. The molecule has 0 atom stereocenters. The van der Waals surface area contributed by atoms with Gasteiger partial charge in [0.15, 0.2) is 0 Å². The topological polar surface area (TPSA) is 32.7 Å². The molecule has 0 aliphatic carbocycles. The second kappa shape index (κ2) is 10.2. The summed E-state index contributed by atoms with van der Waals surface area (Å²) < 4.78 is 0. The minimum Gasteiger partial charge on any atom is -0.299 e. The molecule has 0 spiro atoms. The maximum atomic E-state index is 12.2. The fourth-order valence-electron chi connectivity index (χ4n) is 3.02. The van der Waals surface area contributed by atoms with Gasteiger partial charge in [0.2, 0.25) is 0 Å². The van der Waals surface area contributed by atoms with Gasteiger partial charge in [-0.25, -0.2) is 0 Å². The van der Waals surface area contributed by atoms with Crippen LogP contribution in [-0.4, -0.2) is 16.5 Å². The van der Waals surface area contributed by atoms with Crippen molar-refractivity contribution in [3.63, 3.8) is 0 Å². The molecule has 0 bridgehead atoms. The average molecular weight is 370 g/mol. The first-order chi connectivity index (χ1) is 13.7. The quantitative estimate of drug-likeness (QED) is 0.370. The molecule has 0 saturated heterocycles. The average Bonchev–Trinajstić information content (AvgIpc) is 2.75. The summed E-state index contributed by atoms with van der Waals surface area (Å²) in [6.45, 7) is 3.27. The van der Waals surface area contributed by atoms with Crippen molar-refractivity contribution in [2.24, 2.45) is 5.10 Å². The number of hydrogen-bond acceptors (Lipinski definition) is 3. The second-order valence-electron chi connectivity index (χ2n) is 6.78. The van der Waals surface area contributed by atoms with Gasteiger partial charge in [0.25, 0.3) is 0 Å². The minimum absolute atomic E-state index is 0.196. The molecule has 0 saturated carbocycles. The standard InChI is InChI=1S/C25H26N2O/c1-2-24(28)18-25(23-16-10-5-11-17-23)26-27(19-21-12-6-3-7-13-21)20-22-14-8-4-9-15-22/h3-17H,2,18-20H2,1H3. The monoisotopic (exact) mass is 370 g/mol. The Balaban J connectivity index is 1.93. The van der Waals surface area contributed by atoms with Crippen LogP contribution in [0, 0.1) is 0 Å². The number of nitrogens with zero attached hydrogens (tertiary/aromatic N) is 2. The van der Waals surface area contributed by atoms with Crippen LogP contribution in [0.25, 0.3) is 0 Å². The zero-order valence-electron chi connectivity index (χ0n) is 16.3. The zero-order valence-corrected chi connectivity index (χ0v) is 16.3. The number of rotatable bonds is 9. The lowest BCUT2D eigenvalue weighted by Crippen LogP contribution is -2.21. The first-order valence-electron chi connectivity index (χ1n) is 9.72. The molecule has 0 aliphatic rings. The van der Waals surface area contributed by atoms with E-state index in [9.17, 15) is 4.79 Å². The second-order valence-corrected chi connectivity index (χ2v) is 6.78. The van der Waals surface area contributed by atoms with E-state index in [1.807, 2.05) is 73.7 Å². The third-order valence-corrected chi connectivity index (χ3v) is 4.54. The molecule has 142 valence electrons. The largest absolute Gasteiger partial charge is 0.299 e. The van der Waals surface area contributed by atoms with E-state index >= 15 is 0 Å². The summed E-state index contributed by atoms with van der Waals surface area (Å²) in [6, 6.07) is 30.6. The van der Waals surface area contributed by atoms with Gasteiger partial charge in [0.1, 0.15) is 5.78 Å². The number of ketones is 1. The van der Waals surface area contributed by atoms with Gasteiger partial charge in [-0.05, 0) is 16.7 Å². The highest BCUT2D eigenvalue weighted by Crippen LogP contribution is 2.14. The van der Waals surface area contributed by atoms with Crippen molar-refractivity contribution >= 4 is 11.5 Å². The van der Waals surface area contributed by atoms with Crippen molar-refractivity contribution in [3.8, 4) is 0 Å². The van der Waals surface area contributed by atoms with E-state index in [2.05, 4.69) is 29.3 Å². The van der Waals surface area contributed by atoms with E-state index in [0.29, 0.717) is 25.9 Å². The van der Waals surface area contributed by atoms with Crippen LogP contribution in [0.5, 0.6) is 0 Å². The van der Waals surface area contributed by atoms with E-state index in [-0.39, 0.29) is 5.78 Å². The zero-order chi connectivity index (χ0) is 19.6. The molecule has 3 nitrogen and oxygen atoms in total. The van der Waals surface area contributed by atoms with Gasteiger partial charge < -0.3 is 0 Å². The van der Waals surface area contributed by atoms with Crippen LogP contribution < -0.4 is 0 Å². The van der Waals surface area contributed by atoms with Crippen molar-refractivity contribution in [1.82, 2.24) is 5.01 Å². The summed E-state index contributed by atoms with van der Waals surface area (Å²) in [7, 11) is 0. The first-order valence-corrected chi connectivity index (χ1v) is 9.72. The Kier molecular flexibility index (Phi) is 7.14. The maximum absolute atomic E-state index is 12.2. The predicted octanol–water partition coefficient (Wildman–Crippen LogP) is 5.46. The predicted molar refractivity (Wildman–Crippen MR) is 115 cm³/mol. The van der Waals surface area contributed by atoms with E-state index in [0.717, 1.165) is 11.3 Å². The van der Waals surface area contributed by atoms with E-state index in [1.165, 1.54) is 11.1 Å². The Hall–Kier alpha value is -3.20. The molecule has 3 heteroatoms. The van der Waals surface area contributed by atoms with E-state index in [1.54, 1.807) is 0 Å². The van der Waals surface area contributed by atoms with Crippen LogP contribution >= 0.6 is 0 Å². The van der Waals surface area contributed by atoms with Crippen LogP contribution in [0.1, 0.15) is 36.5 Å². The highest BCUT2D eigenvalue weighted by molar-refractivity contribution is 6.10. The Morgan fingerprint density at radius 1 is 0.750 bits per heavy atom. The molecular weight excluding hydrogens is 344 g/mol. The molecule has 0 unspecified atom stereocenters. The van der Waals surface area contributed by atoms with Crippen LogP contribution in [0.2, 0.25) is 0 Å². The van der Waals surface area contributed by atoms with Gasteiger partial charge in [-0.15, -0.1) is 0 Å². The Morgan fingerprint density at radius 3 is 1.68 bits per heavy atom. The third-order valence-electron chi connectivity index (χ3n) is 4.54. The molecular formula is C25H26N2O. The number of benzene rings is 3. The summed E-state index contributed by atoms with van der Waals surface area (Å²) >= 11 is 0. The highest BCUT2D eigenvalue weighted by Gasteiger charge is 2.12. The number of carbonyl (C=O) groups excluding carboxylic acids is 1. The fourth-order valence-corrected chi connectivity index (χ4v) is 3.02. The van der Waals surface area contributed by atoms with Crippen LogP contribution in [-0.2, 0) is 17.9 Å². The van der Waals surface area contributed by atoms with Gasteiger partial charge in [0, 0.05) is 6.42 Å². The van der Waals surface area contributed by atoms with Crippen LogP contribution in [0.4, 0.5) is 0 Å². The van der Waals surface area contributed by atoms with Crippen molar-refractivity contribution < 1.29 is 4.79 Å². The maximum Gasteiger partial charge on any atom is 0.138 e. The Morgan fingerprint density at radius 2 is 1.21 bits per heavy atom. The van der Waals surface area contributed by atoms with Crippen molar-refractivity contribution in [2.45, 2.75) is 32.9 Å².